The lowest BCUT2D eigenvalue weighted by Crippen LogP contribution is -2.22. The number of hydrogen-bond donors (Lipinski definition) is 1. The van der Waals surface area contributed by atoms with Gasteiger partial charge < -0.3 is 9.84 Å². The van der Waals surface area contributed by atoms with E-state index < -0.39 is 0 Å². The van der Waals surface area contributed by atoms with Crippen LogP contribution in [0.1, 0.15) is 55.4 Å². The highest BCUT2D eigenvalue weighted by Crippen LogP contribution is 2.34. The van der Waals surface area contributed by atoms with Crippen molar-refractivity contribution in [1.82, 2.24) is 15.5 Å². The summed E-state index contributed by atoms with van der Waals surface area (Å²) in [5.41, 5.74) is 2.79. The van der Waals surface area contributed by atoms with Gasteiger partial charge in [0.05, 0.1) is 6.54 Å². The summed E-state index contributed by atoms with van der Waals surface area (Å²) >= 11 is 0. The van der Waals surface area contributed by atoms with E-state index in [1.54, 1.807) is 0 Å². The molecule has 0 aliphatic heterocycles. The molecule has 0 saturated heterocycles. The molecule has 4 heteroatoms. The summed E-state index contributed by atoms with van der Waals surface area (Å²) in [5.74, 6) is 1.80. The molecule has 0 radical (unpaired) electrons. The smallest absolute Gasteiger partial charge is 0.240 e. The molecule has 0 bridgehead atoms. The lowest BCUT2D eigenvalue weighted by atomic mass is 9.82. The van der Waals surface area contributed by atoms with Gasteiger partial charge in [0.15, 0.2) is 5.82 Å². The van der Waals surface area contributed by atoms with E-state index in [0.29, 0.717) is 18.5 Å². The number of fused-ring (bicyclic) bond motifs is 1. The zero-order valence-electron chi connectivity index (χ0n) is 12.1. The zero-order valence-corrected chi connectivity index (χ0v) is 12.1. The van der Waals surface area contributed by atoms with Crippen LogP contribution in [0.15, 0.2) is 28.8 Å². The van der Waals surface area contributed by atoms with Gasteiger partial charge in [-0.1, -0.05) is 43.3 Å². The van der Waals surface area contributed by atoms with Crippen molar-refractivity contribution < 1.29 is 4.52 Å². The minimum absolute atomic E-state index is 0.288. The van der Waals surface area contributed by atoms with Gasteiger partial charge in [0.2, 0.25) is 5.89 Å². The first-order valence-electron chi connectivity index (χ1n) is 7.37. The van der Waals surface area contributed by atoms with E-state index in [1.165, 1.54) is 17.5 Å². The van der Waals surface area contributed by atoms with Crippen molar-refractivity contribution >= 4 is 0 Å². The highest BCUT2D eigenvalue weighted by atomic mass is 16.5. The van der Waals surface area contributed by atoms with Crippen molar-refractivity contribution in [3.8, 4) is 0 Å². The van der Waals surface area contributed by atoms with Gasteiger partial charge in [-0.15, -0.1) is 0 Å². The normalized spacial score (nSPS) is 18.2. The predicted molar refractivity (Wildman–Crippen MR) is 77.5 cm³/mol. The van der Waals surface area contributed by atoms with Crippen LogP contribution >= 0.6 is 0 Å². The van der Waals surface area contributed by atoms with Crippen LogP contribution < -0.4 is 5.32 Å². The molecule has 1 aliphatic carbocycles. The van der Waals surface area contributed by atoms with Crippen molar-refractivity contribution in [3.05, 3.63) is 47.1 Å². The van der Waals surface area contributed by atoms with E-state index in [4.69, 9.17) is 4.52 Å². The lowest BCUT2D eigenvalue weighted by molar-refractivity contribution is 0.355. The Kier molecular flexibility index (Phi) is 3.83. The minimum atomic E-state index is 0.288. The average Bonchev–Trinajstić information content (AvgIpc) is 2.93. The van der Waals surface area contributed by atoms with Gasteiger partial charge in [-0.3, -0.25) is 0 Å². The summed E-state index contributed by atoms with van der Waals surface area (Å²) in [5, 5.41) is 7.49. The molecule has 0 spiro atoms. The number of aryl methyl sites for hydroxylation is 1. The number of aromatic nitrogens is 2. The van der Waals surface area contributed by atoms with Crippen molar-refractivity contribution in [2.24, 2.45) is 0 Å². The molecule has 1 unspecified atom stereocenters. The Bertz CT molecular complexity index is 577. The number of hydrogen-bond acceptors (Lipinski definition) is 4. The van der Waals surface area contributed by atoms with Crippen LogP contribution in [0.3, 0.4) is 0 Å². The molecule has 4 nitrogen and oxygen atoms in total. The molecule has 0 amide bonds. The molecule has 0 saturated carbocycles. The van der Waals surface area contributed by atoms with Crippen molar-refractivity contribution in [1.29, 1.82) is 0 Å². The lowest BCUT2D eigenvalue weighted by Gasteiger charge is -2.22. The maximum atomic E-state index is 5.36. The van der Waals surface area contributed by atoms with Crippen LogP contribution in [0, 0.1) is 0 Å². The van der Waals surface area contributed by atoms with E-state index in [1.807, 2.05) is 0 Å². The molecule has 1 aromatic carbocycles. The first kappa shape index (κ1) is 13.3. The molecule has 3 rings (SSSR count). The van der Waals surface area contributed by atoms with Gasteiger partial charge in [0.25, 0.3) is 0 Å². The third-order valence-electron chi connectivity index (χ3n) is 3.83. The van der Waals surface area contributed by atoms with Crippen molar-refractivity contribution in [2.75, 3.05) is 0 Å². The molecule has 106 valence electrons. The minimum Gasteiger partial charge on any atom is -0.338 e. The maximum absolute atomic E-state index is 5.36. The molecule has 1 aliphatic rings. The van der Waals surface area contributed by atoms with Crippen LogP contribution in [-0.2, 0) is 13.0 Å². The SMILES string of the molecule is CC(C)NCc1nc(C2CCCc3ccccc32)no1. The van der Waals surface area contributed by atoms with Crippen LogP contribution in [0.5, 0.6) is 0 Å². The summed E-state index contributed by atoms with van der Waals surface area (Å²) in [4.78, 5) is 4.56. The standard InChI is InChI=1S/C16H21N3O/c1-11(2)17-10-15-18-16(19-20-15)14-9-5-7-12-6-3-4-8-13(12)14/h3-4,6,8,11,14,17H,5,7,9-10H2,1-2H3. The fourth-order valence-electron chi connectivity index (χ4n) is 2.79. The topological polar surface area (TPSA) is 51.0 Å². The number of nitrogens with one attached hydrogen (secondary N) is 1. The second kappa shape index (κ2) is 5.75. The highest BCUT2D eigenvalue weighted by molar-refractivity contribution is 5.36. The Hall–Kier alpha value is -1.68. The first-order valence-corrected chi connectivity index (χ1v) is 7.37. The average molecular weight is 271 g/mol. The summed E-state index contributed by atoms with van der Waals surface area (Å²) in [6.45, 7) is 4.85. The first-order chi connectivity index (χ1) is 9.74. The van der Waals surface area contributed by atoms with Crippen LogP contribution in [-0.4, -0.2) is 16.2 Å². The van der Waals surface area contributed by atoms with Crippen molar-refractivity contribution in [3.63, 3.8) is 0 Å². The summed E-state index contributed by atoms with van der Waals surface area (Å²) in [7, 11) is 0. The number of benzene rings is 1. The molecule has 1 heterocycles. The second-order valence-electron chi connectivity index (χ2n) is 5.73. The van der Waals surface area contributed by atoms with Crippen LogP contribution in [0.2, 0.25) is 0 Å². The summed E-state index contributed by atoms with van der Waals surface area (Å²) < 4.78 is 5.36. The molecule has 2 aromatic rings. The predicted octanol–water partition coefficient (Wildman–Crippen LogP) is 3.04. The highest BCUT2D eigenvalue weighted by Gasteiger charge is 2.25. The zero-order chi connectivity index (χ0) is 13.9. The fraction of sp³-hybridized carbons (Fsp3) is 0.500. The van der Waals surface area contributed by atoms with Gasteiger partial charge in [0.1, 0.15) is 0 Å². The Morgan fingerprint density at radius 3 is 3.05 bits per heavy atom. The Morgan fingerprint density at radius 1 is 1.35 bits per heavy atom. The molecule has 20 heavy (non-hydrogen) atoms. The molecule has 0 fully saturated rings. The number of rotatable bonds is 4. The maximum Gasteiger partial charge on any atom is 0.240 e. The van der Waals surface area contributed by atoms with E-state index >= 15 is 0 Å². The monoisotopic (exact) mass is 271 g/mol. The van der Waals surface area contributed by atoms with Gasteiger partial charge >= 0.3 is 0 Å². The van der Waals surface area contributed by atoms with E-state index in [2.05, 4.69) is 53.6 Å². The third kappa shape index (κ3) is 2.75. The van der Waals surface area contributed by atoms with Gasteiger partial charge in [0, 0.05) is 12.0 Å². The van der Waals surface area contributed by atoms with Crippen LogP contribution in [0.4, 0.5) is 0 Å². The molecule has 1 atom stereocenters. The van der Waals surface area contributed by atoms with Crippen LogP contribution in [0.25, 0.3) is 0 Å². The molecule has 1 N–H and O–H groups in total. The van der Waals surface area contributed by atoms with Gasteiger partial charge in [-0.25, -0.2) is 0 Å². The Morgan fingerprint density at radius 2 is 2.20 bits per heavy atom. The third-order valence-corrected chi connectivity index (χ3v) is 3.83. The molecular formula is C16H21N3O. The summed E-state index contributed by atoms with van der Waals surface area (Å²) in [6, 6.07) is 9.03. The van der Waals surface area contributed by atoms with E-state index in [-0.39, 0.29) is 5.92 Å². The summed E-state index contributed by atoms with van der Waals surface area (Å²) in [6.07, 6.45) is 3.45. The Balaban J connectivity index is 1.80. The molecular weight excluding hydrogens is 250 g/mol. The number of nitrogens with zero attached hydrogens (tertiary/aromatic N) is 2. The van der Waals surface area contributed by atoms with Gasteiger partial charge in [-0.2, -0.15) is 4.98 Å². The Labute approximate surface area is 119 Å². The van der Waals surface area contributed by atoms with Crippen molar-refractivity contribution in [2.45, 2.75) is 51.6 Å². The second-order valence-corrected chi connectivity index (χ2v) is 5.73. The van der Waals surface area contributed by atoms with E-state index in [9.17, 15) is 0 Å². The van der Waals surface area contributed by atoms with E-state index in [0.717, 1.165) is 18.7 Å². The molecule has 1 aromatic heterocycles. The van der Waals surface area contributed by atoms with Gasteiger partial charge in [-0.05, 0) is 30.4 Å². The quantitative estimate of drug-likeness (QED) is 0.928. The fourth-order valence-corrected chi connectivity index (χ4v) is 2.79. The largest absolute Gasteiger partial charge is 0.338 e.